The molecule has 0 radical (unpaired) electrons. The lowest BCUT2D eigenvalue weighted by Gasteiger charge is -2.26. The zero-order valence-corrected chi connectivity index (χ0v) is 26.7. The molecule has 3 fully saturated rings. The predicted octanol–water partition coefficient (Wildman–Crippen LogP) is 3.26. The first-order chi connectivity index (χ1) is 22.1. The predicted molar refractivity (Wildman–Crippen MR) is 156 cm³/mol. The number of anilines is 1. The third-order valence-electron chi connectivity index (χ3n) is 7.60. The lowest BCUT2D eigenvalue weighted by molar-refractivity contribution is -0.136. The van der Waals surface area contributed by atoms with Crippen molar-refractivity contribution >= 4 is 66.1 Å². The van der Waals surface area contributed by atoms with Gasteiger partial charge in [0.25, 0.3) is 0 Å². The summed E-state index contributed by atoms with van der Waals surface area (Å²) in [6, 6.07) is 3.17. The largest absolute Gasteiger partial charge is 0.418 e. The van der Waals surface area contributed by atoms with Crippen molar-refractivity contribution in [2.24, 2.45) is 0 Å². The molecule has 3 aromatic heterocycles. The molecule has 0 saturated carbocycles. The number of fused-ring (bicyclic) bond motifs is 5. The highest BCUT2D eigenvalue weighted by atomic mass is 32.7. The molecule has 0 spiro atoms. The van der Waals surface area contributed by atoms with Gasteiger partial charge in [-0.1, -0.05) is 35.8 Å². The monoisotopic (exact) mass is 744 g/mol. The Labute approximate surface area is 270 Å². The minimum atomic E-state index is -4.78. The minimum absolute atomic E-state index is 0.0164. The number of aromatic nitrogens is 7. The van der Waals surface area contributed by atoms with Crippen LogP contribution < -0.4 is 5.73 Å². The molecule has 4 aromatic rings. The van der Waals surface area contributed by atoms with Crippen molar-refractivity contribution in [1.29, 1.82) is 0 Å². The summed E-state index contributed by atoms with van der Waals surface area (Å²) >= 11 is 7.94. The summed E-state index contributed by atoms with van der Waals surface area (Å²) in [5.41, 5.74) is 4.28. The molecule has 3 N–H and O–H groups in total. The van der Waals surface area contributed by atoms with Crippen LogP contribution in [0.15, 0.2) is 30.9 Å². The van der Waals surface area contributed by atoms with Crippen molar-refractivity contribution in [3.05, 3.63) is 36.4 Å². The number of benzene rings is 1. The topological polar surface area (TPSA) is 210 Å². The number of aliphatic hydroxyl groups is 1. The van der Waals surface area contributed by atoms with Crippen molar-refractivity contribution < 1.29 is 59.4 Å². The molecular formula is C22H22F4N8O9P2S2. The molecule has 7 rings (SSSR count). The average Bonchev–Trinajstić information content (AvgIpc) is 3.76. The highest BCUT2D eigenvalue weighted by Crippen LogP contribution is 2.60. The van der Waals surface area contributed by atoms with Crippen LogP contribution in [0.3, 0.4) is 0 Å². The zero-order chi connectivity index (χ0) is 33.5. The fraction of sp³-hybridized carbons (Fsp3) is 0.500. The maximum absolute atomic E-state index is 16.0. The maximum atomic E-state index is 16.0. The maximum Gasteiger partial charge on any atom is 0.418 e. The van der Waals surface area contributed by atoms with E-state index in [1.54, 1.807) is 0 Å². The van der Waals surface area contributed by atoms with Gasteiger partial charge in [-0.05, 0) is 12.1 Å². The number of ether oxygens (including phenoxy) is 2. The second kappa shape index (κ2) is 11.9. The summed E-state index contributed by atoms with van der Waals surface area (Å²) < 4.78 is 119. The fourth-order valence-electron chi connectivity index (χ4n) is 5.48. The highest BCUT2D eigenvalue weighted by Gasteiger charge is 2.54. The summed E-state index contributed by atoms with van der Waals surface area (Å²) in [4.78, 5) is 12.0. The molecule has 254 valence electrons. The molecule has 0 aliphatic carbocycles. The SMILES string of the molecule is Nc1ncnc2c1ncn2[C@@H]1O[C@@H]2COP(=O)(S)O[C@@H]3[C@H](O)[C@@H](COP(=O)(S)O[C@H]2[C@H]1F)O[C@H]3n1nnc2c(C(F)(F)F)cccc21. The molecule has 47 heavy (non-hydrogen) atoms. The van der Waals surface area contributed by atoms with Crippen molar-refractivity contribution in [2.45, 2.75) is 55.3 Å². The average molecular weight is 745 g/mol. The van der Waals surface area contributed by atoms with Gasteiger partial charge in [-0.15, -0.1) is 5.10 Å². The van der Waals surface area contributed by atoms with Crippen LogP contribution in [0.4, 0.5) is 23.4 Å². The van der Waals surface area contributed by atoms with E-state index in [1.807, 2.05) is 0 Å². The number of nitrogens with two attached hydrogens (primary N) is 1. The molecule has 1 aromatic carbocycles. The third kappa shape index (κ3) is 6.05. The van der Waals surface area contributed by atoms with Gasteiger partial charge in [0.2, 0.25) is 0 Å². The quantitative estimate of drug-likeness (QED) is 0.132. The molecule has 25 heteroatoms. The van der Waals surface area contributed by atoms with Gasteiger partial charge in [0.15, 0.2) is 30.1 Å². The Morgan fingerprint density at radius 2 is 1.64 bits per heavy atom. The molecule has 6 heterocycles. The molecule has 2 bridgehead atoms. The van der Waals surface area contributed by atoms with E-state index in [4.69, 9.17) is 33.3 Å². The Balaban J connectivity index is 1.20. The summed E-state index contributed by atoms with van der Waals surface area (Å²) in [5, 5.41) is 18.5. The van der Waals surface area contributed by atoms with Gasteiger partial charge in [-0.3, -0.25) is 22.7 Å². The van der Waals surface area contributed by atoms with Crippen molar-refractivity contribution in [2.75, 3.05) is 18.9 Å². The highest BCUT2D eigenvalue weighted by molar-refractivity contribution is 8.44. The number of hydrogen-bond acceptors (Lipinski definition) is 15. The summed E-state index contributed by atoms with van der Waals surface area (Å²) in [6.45, 7) is -10.5. The van der Waals surface area contributed by atoms with Crippen LogP contribution in [0.2, 0.25) is 0 Å². The smallest absolute Gasteiger partial charge is 0.387 e. The molecule has 3 saturated heterocycles. The van der Waals surface area contributed by atoms with Crippen LogP contribution in [0.1, 0.15) is 18.0 Å². The minimum Gasteiger partial charge on any atom is -0.387 e. The number of nitrogens with zero attached hydrogens (tertiary/aromatic N) is 7. The summed E-state index contributed by atoms with van der Waals surface area (Å²) in [7, 11) is 0. The van der Waals surface area contributed by atoms with Gasteiger partial charge in [0.1, 0.15) is 47.9 Å². The number of aliphatic hydroxyl groups excluding tert-OH is 1. The van der Waals surface area contributed by atoms with Crippen LogP contribution >= 0.6 is 38.1 Å². The lowest BCUT2D eigenvalue weighted by atomic mass is 10.1. The third-order valence-corrected chi connectivity index (χ3v) is 10.8. The standard InChI is InChI=1S/C22H22F4N8O9P2S2/c23-12-16-11(41-20(12)33-7-30-14-18(27)28-6-29-19(14)33)5-39-45(37,47)43-17-15(35)10(4-38-44(36,46)42-16)40-21(17)34-9-3-1-2-8(22(24,25)26)13(9)31-32-34/h1-3,6-7,10-12,15-17,20-21,35H,4-5H2,(H,36,46)(H,37,47)(H2,27,28,29)/t10-,11-,12-,15-,16-,17-,20-,21-,44?,45?/m1/s1. The zero-order valence-electron chi connectivity index (χ0n) is 23.1. The fourth-order valence-corrected chi connectivity index (χ4v) is 8.43. The van der Waals surface area contributed by atoms with E-state index in [9.17, 15) is 27.4 Å². The van der Waals surface area contributed by atoms with Gasteiger partial charge >= 0.3 is 19.8 Å². The first-order valence-corrected chi connectivity index (χ1v) is 18.8. The van der Waals surface area contributed by atoms with E-state index in [-0.39, 0.29) is 22.5 Å². The van der Waals surface area contributed by atoms with E-state index in [1.165, 1.54) is 17.0 Å². The first kappa shape index (κ1) is 33.1. The van der Waals surface area contributed by atoms with Crippen LogP contribution in [0.5, 0.6) is 0 Å². The van der Waals surface area contributed by atoms with E-state index >= 15 is 4.39 Å². The van der Waals surface area contributed by atoms with Crippen LogP contribution in [-0.2, 0) is 42.9 Å². The van der Waals surface area contributed by atoms with Crippen molar-refractivity contribution in [3.8, 4) is 0 Å². The number of thiol groups is 2. The normalized spacial score (nSPS) is 37.0. The molecule has 3 aliphatic rings. The van der Waals surface area contributed by atoms with Gasteiger partial charge < -0.3 is 20.3 Å². The Morgan fingerprint density at radius 1 is 0.957 bits per heavy atom. The van der Waals surface area contributed by atoms with E-state index in [0.29, 0.717) is 0 Å². The Hall–Kier alpha value is -2.43. The molecule has 3 aliphatic heterocycles. The summed E-state index contributed by atoms with van der Waals surface area (Å²) in [6.07, 6.45) is -15.6. The Bertz CT molecular complexity index is 1940. The van der Waals surface area contributed by atoms with E-state index in [2.05, 4.69) is 49.8 Å². The first-order valence-electron chi connectivity index (χ1n) is 13.4. The number of halogens is 4. The molecule has 2 unspecified atom stereocenters. The van der Waals surface area contributed by atoms with Gasteiger partial charge in [0.05, 0.1) is 30.6 Å². The Kier molecular flexibility index (Phi) is 8.35. The van der Waals surface area contributed by atoms with Crippen LogP contribution in [0.25, 0.3) is 22.2 Å². The van der Waals surface area contributed by atoms with Gasteiger partial charge in [-0.25, -0.2) is 33.2 Å². The van der Waals surface area contributed by atoms with Crippen molar-refractivity contribution in [3.63, 3.8) is 0 Å². The molecule has 0 amide bonds. The molecular weight excluding hydrogens is 722 g/mol. The Morgan fingerprint density at radius 3 is 2.36 bits per heavy atom. The van der Waals surface area contributed by atoms with E-state index in [0.717, 1.165) is 23.1 Å². The van der Waals surface area contributed by atoms with E-state index < -0.39 is 93.2 Å². The number of nitrogen functional groups attached to an aromatic ring is 1. The lowest BCUT2D eigenvalue weighted by Crippen LogP contribution is -2.35. The van der Waals surface area contributed by atoms with Crippen molar-refractivity contribution in [1.82, 2.24) is 34.5 Å². The summed E-state index contributed by atoms with van der Waals surface area (Å²) in [5.74, 6) is 0.0164. The van der Waals surface area contributed by atoms with Crippen LogP contribution in [-0.4, -0.2) is 89.5 Å². The number of alkyl halides is 4. The van der Waals surface area contributed by atoms with Gasteiger partial charge in [-0.2, -0.15) is 13.2 Å². The van der Waals surface area contributed by atoms with Crippen LogP contribution in [0, 0.1) is 0 Å². The number of hydrogen-bond donors (Lipinski definition) is 4. The second-order valence-corrected chi connectivity index (χ2v) is 16.3. The second-order valence-electron chi connectivity index (χ2n) is 10.5. The molecule has 10 atom stereocenters. The number of rotatable bonds is 2. The molecule has 17 nitrogen and oxygen atoms in total. The van der Waals surface area contributed by atoms with Gasteiger partial charge in [0, 0.05) is 0 Å². The number of imidazole rings is 1.